The number of carbonyl (C=O) groups excluding carboxylic acids is 1. The Morgan fingerprint density at radius 2 is 2.33 bits per heavy atom. The summed E-state index contributed by atoms with van der Waals surface area (Å²) in [7, 11) is 0. The molecule has 1 amide bonds. The highest BCUT2D eigenvalue weighted by Gasteiger charge is 2.38. The summed E-state index contributed by atoms with van der Waals surface area (Å²) in [6, 6.07) is 1.89. The number of nitrogens with one attached hydrogen (secondary N) is 1. The van der Waals surface area contributed by atoms with Gasteiger partial charge in [0.25, 0.3) is 0 Å². The van der Waals surface area contributed by atoms with Gasteiger partial charge in [0.05, 0.1) is 6.54 Å². The third-order valence-electron chi connectivity index (χ3n) is 2.98. The van der Waals surface area contributed by atoms with Crippen LogP contribution in [0.2, 0.25) is 0 Å². The van der Waals surface area contributed by atoms with Gasteiger partial charge in [-0.15, -0.1) is 11.3 Å². The van der Waals surface area contributed by atoms with Gasteiger partial charge in [-0.3, -0.25) is 4.79 Å². The SMILES string of the molecule is CC1CC1C(=O)NCc1cc(C=CC(=O)O)cs1. The molecule has 0 spiro atoms. The van der Waals surface area contributed by atoms with Crippen LogP contribution in [0.1, 0.15) is 23.8 Å². The number of hydrogen-bond acceptors (Lipinski definition) is 3. The average molecular weight is 265 g/mol. The lowest BCUT2D eigenvalue weighted by Crippen LogP contribution is -2.24. The van der Waals surface area contributed by atoms with E-state index < -0.39 is 5.97 Å². The summed E-state index contributed by atoms with van der Waals surface area (Å²) >= 11 is 1.52. The van der Waals surface area contributed by atoms with Gasteiger partial charge in [0, 0.05) is 16.9 Å². The van der Waals surface area contributed by atoms with Gasteiger partial charge < -0.3 is 10.4 Å². The standard InChI is InChI=1S/C13H15NO3S/c1-8-4-11(8)13(17)14-6-10-5-9(7-18-10)2-3-12(15)16/h2-3,5,7-8,11H,4,6H2,1H3,(H,14,17)(H,15,16). The Hall–Kier alpha value is -1.62. The van der Waals surface area contributed by atoms with E-state index >= 15 is 0 Å². The summed E-state index contributed by atoms with van der Waals surface area (Å²) in [5.41, 5.74) is 0.853. The molecule has 1 aromatic heterocycles. The number of carboxylic acids is 1. The Kier molecular flexibility index (Phi) is 3.81. The molecule has 1 aromatic rings. The number of carbonyl (C=O) groups is 2. The molecule has 2 rings (SSSR count). The van der Waals surface area contributed by atoms with Crippen molar-refractivity contribution in [1.82, 2.24) is 5.32 Å². The number of aliphatic carboxylic acids is 1. The maximum atomic E-state index is 11.6. The molecule has 1 fully saturated rings. The van der Waals surface area contributed by atoms with Gasteiger partial charge in [0.2, 0.25) is 5.91 Å². The topological polar surface area (TPSA) is 66.4 Å². The molecule has 0 aliphatic heterocycles. The molecular formula is C13H15NO3S. The molecule has 2 N–H and O–H groups in total. The summed E-state index contributed by atoms with van der Waals surface area (Å²) < 4.78 is 0. The van der Waals surface area contributed by atoms with Gasteiger partial charge in [0.1, 0.15) is 0 Å². The van der Waals surface area contributed by atoms with Crippen LogP contribution in [0.5, 0.6) is 0 Å². The molecule has 2 atom stereocenters. The van der Waals surface area contributed by atoms with Crippen molar-refractivity contribution in [2.45, 2.75) is 19.9 Å². The van der Waals surface area contributed by atoms with E-state index in [9.17, 15) is 9.59 Å². The molecule has 0 radical (unpaired) electrons. The van der Waals surface area contributed by atoms with Crippen LogP contribution < -0.4 is 5.32 Å². The molecule has 4 nitrogen and oxygen atoms in total. The zero-order chi connectivity index (χ0) is 13.1. The van der Waals surface area contributed by atoms with Crippen LogP contribution in [0.25, 0.3) is 6.08 Å². The fourth-order valence-electron chi connectivity index (χ4n) is 1.74. The summed E-state index contributed by atoms with van der Waals surface area (Å²) in [4.78, 5) is 23.0. The fraction of sp³-hybridized carbons (Fsp3) is 0.385. The molecule has 0 saturated heterocycles. The quantitative estimate of drug-likeness (QED) is 0.801. The predicted molar refractivity (Wildman–Crippen MR) is 70.1 cm³/mol. The molecule has 5 heteroatoms. The lowest BCUT2D eigenvalue weighted by atomic mass is 10.2. The Bertz CT molecular complexity index is 492. The Morgan fingerprint density at radius 1 is 1.61 bits per heavy atom. The first-order chi connectivity index (χ1) is 8.56. The maximum absolute atomic E-state index is 11.6. The molecule has 0 bridgehead atoms. The summed E-state index contributed by atoms with van der Waals surface area (Å²) in [5.74, 6) is -0.129. The van der Waals surface area contributed by atoms with Gasteiger partial charge >= 0.3 is 5.97 Å². The van der Waals surface area contributed by atoms with Gasteiger partial charge in [-0.05, 0) is 35.4 Å². The van der Waals surface area contributed by atoms with E-state index in [0.29, 0.717) is 12.5 Å². The van der Waals surface area contributed by atoms with Crippen LogP contribution in [-0.4, -0.2) is 17.0 Å². The maximum Gasteiger partial charge on any atom is 0.328 e. The van der Waals surface area contributed by atoms with Crippen LogP contribution in [0.3, 0.4) is 0 Å². The number of thiophene rings is 1. The Morgan fingerprint density at radius 3 is 2.94 bits per heavy atom. The Balaban J connectivity index is 1.83. The van der Waals surface area contributed by atoms with E-state index in [0.717, 1.165) is 22.9 Å². The van der Waals surface area contributed by atoms with Gasteiger partial charge in [0.15, 0.2) is 0 Å². The lowest BCUT2D eigenvalue weighted by Gasteiger charge is -2.01. The molecular weight excluding hydrogens is 250 g/mol. The van der Waals surface area contributed by atoms with Gasteiger partial charge in [-0.2, -0.15) is 0 Å². The largest absolute Gasteiger partial charge is 0.478 e. The van der Waals surface area contributed by atoms with Crippen LogP contribution in [0.15, 0.2) is 17.5 Å². The highest BCUT2D eigenvalue weighted by Crippen LogP contribution is 2.37. The Labute approximate surface area is 109 Å². The van der Waals surface area contributed by atoms with Gasteiger partial charge in [-0.25, -0.2) is 4.79 Å². The predicted octanol–water partition coefficient (Wildman–Crippen LogP) is 2.12. The van der Waals surface area contributed by atoms with Crippen LogP contribution in [0, 0.1) is 11.8 Å². The average Bonchev–Trinajstić information content (AvgIpc) is 2.89. The monoisotopic (exact) mass is 265 g/mol. The van der Waals surface area contributed by atoms with E-state index in [2.05, 4.69) is 12.2 Å². The molecule has 1 aliphatic rings. The second kappa shape index (κ2) is 5.35. The van der Waals surface area contributed by atoms with E-state index in [1.807, 2.05) is 11.4 Å². The first kappa shape index (κ1) is 12.8. The molecule has 1 heterocycles. The highest BCUT2D eigenvalue weighted by atomic mass is 32.1. The zero-order valence-electron chi connectivity index (χ0n) is 10.1. The van der Waals surface area contributed by atoms with Crippen LogP contribution >= 0.6 is 11.3 Å². The van der Waals surface area contributed by atoms with Crippen molar-refractivity contribution in [2.24, 2.45) is 11.8 Å². The normalized spacial score (nSPS) is 22.1. The lowest BCUT2D eigenvalue weighted by molar-refractivity contribution is -0.131. The van der Waals surface area contributed by atoms with Crippen molar-refractivity contribution < 1.29 is 14.7 Å². The minimum atomic E-state index is -0.959. The summed E-state index contributed by atoms with van der Waals surface area (Å²) in [6.07, 6.45) is 3.65. The van der Waals surface area contributed by atoms with E-state index in [1.54, 1.807) is 6.08 Å². The molecule has 1 aliphatic carbocycles. The minimum Gasteiger partial charge on any atom is -0.478 e. The fourth-order valence-corrected chi connectivity index (χ4v) is 2.53. The van der Waals surface area contributed by atoms with Crippen molar-refractivity contribution in [1.29, 1.82) is 0 Å². The number of amides is 1. The number of carboxylic acid groups (broad SMARTS) is 1. The molecule has 96 valence electrons. The van der Waals surface area contributed by atoms with Crippen molar-refractivity contribution in [3.05, 3.63) is 28.0 Å². The number of hydrogen-bond donors (Lipinski definition) is 2. The number of rotatable bonds is 5. The van der Waals surface area contributed by atoms with Gasteiger partial charge in [-0.1, -0.05) is 6.92 Å². The van der Waals surface area contributed by atoms with E-state index in [1.165, 1.54) is 11.3 Å². The summed E-state index contributed by atoms with van der Waals surface area (Å²) in [6.45, 7) is 2.60. The minimum absolute atomic E-state index is 0.124. The summed E-state index contributed by atoms with van der Waals surface area (Å²) in [5, 5.41) is 13.3. The van der Waals surface area contributed by atoms with Crippen molar-refractivity contribution in [3.63, 3.8) is 0 Å². The van der Waals surface area contributed by atoms with Crippen LogP contribution in [-0.2, 0) is 16.1 Å². The molecule has 18 heavy (non-hydrogen) atoms. The molecule has 2 unspecified atom stereocenters. The third-order valence-corrected chi connectivity index (χ3v) is 3.93. The van der Waals surface area contributed by atoms with E-state index in [4.69, 9.17) is 5.11 Å². The first-order valence-corrected chi connectivity index (χ1v) is 6.70. The zero-order valence-corrected chi connectivity index (χ0v) is 10.9. The second-order valence-corrected chi connectivity index (χ2v) is 5.55. The molecule has 1 saturated carbocycles. The molecule has 0 aromatic carbocycles. The van der Waals surface area contributed by atoms with Crippen molar-refractivity contribution in [3.8, 4) is 0 Å². The van der Waals surface area contributed by atoms with Crippen molar-refractivity contribution in [2.75, 3.05) is 0 Å². The highest BCUT2D eigenvalue weighted by molar-refractivity contribution is 7.10. The second-order valence-electron chi connectivity index (χ2n) is 4.56. The van der Waals surface area contributed by atoms with Crippen LogP contribution in [0.4, 0.5) is 0 Å². The third kappa shape index (κ3) is 3.43. The van der Waals surface area contributed by atoms with Crippen molar-refractivity contribution >= 4 is 29.3 Å². The first-order valence-electron chi connectivity index (χ1n) is 5.82. The van der Waals surface area contributed by atoms with E-state index in [-0.39, 0.29) is 11.8 Å². The smallest absolute Gasteiger partial charge is 0.328 e.